The predicted octanol–water partition coefficient (Wildman–Crippen LogP) is 3.32. The monoisotopic (exact) mass is 256 g/mol. The van der Waals surface area contributed by atoms with Gasteiger partial charge in [-0.2, -0.15) is 0 Å². The fourth-order valence-electron chi connectivity index (χ4n) is 1.61. The molecule has 0 aliphatic carbocycles. The maximum absolute atomic E-state index is 13.4. The topological polar surface area (TPSA) is 20.2 Å². The fourth-order valence-corrected chi connectivity index (χ4v) is 1.61. The Morgan fingerprint density at radius 1 is 0.722 bits per heavy atom. The molecule has 2 aromatic rings. The third-order valence-electron chi connectivity index (χ3n) is 2.51. The zero-order chi connectivity index (χ0) is 13.3. The van der Waals surface area contributed by atoms with Crippen molar-refractivity contribution in [3.8, 4) is 0 Å². The van der Waals surface area contributed by atoms with Crippen LogP contribution >= 0.6 is 0 Å². The van der Waals surface area contributed by atoms with E-state index in [0.29, 0.717) is 12.1 Å². The van der Waals surface area contributed by atoms with E-state index in [1.807, 2.05) is 0 Å². The molecule has 1 nitrogen and oxygen atoms in total. The number of benzene rings is 2. The van der Waals surface area contributed by atoms with Crippen LogP contribution in [0.5, 0.6) is 0 Å². The van der Waals surface area contributed by atoms with Crippen LogP contribution in [0.2, 0.25) is 0 Å². The summed E-state index contributed by atoms with van der Waals surface area (Å²) in [7, 11) is 0. The average Bonchev–Trinajstić information content (AvgIpc) is 2.28. The fraction of sp³-hybridized carbons (Fsp3) is 0.0769. The molecule has 0 spiro atoms. The van der Waals surface area contributed by atoms with Crippen molar-refractivity contribution < 1.29 is 22.7 Å². The van der Waals surface area contributed by atoms with Crippen molar-refractivity contribution in [3.63, 3.8) is 0 Å². The number of rotatable bonds is 2. The largest absolute Gasteiger partial charge is 0.383 e. The van der Waals surface area contributed by atoms with E-state index in [1.54, 1.807) is 0 Å². The second-order valence-corrected chi connectivity index (χ2v) is 3.73. The van der Waals surface area contributed by atoms with E-state index < -0.39 is 29.4 Å². The molecular formula is C13H8F4O. The zero-order valence-electron chi connectivity index (χ0n) is 9.00. The van der Waals surface area contributed by atoms with Crippen molar-refractivity contribution in [2.75, 3.05) is 0 Å². The van der Waals surface area contributed by atoms with E-state index in [2.05, 4.69) is 0 Å². The summed E-state index contributed by atoms with van der Waals surface area (Å²) in [6.07, 6.45) is -1.62. The molecule has 0 bridgehead atoms. The lowest BCUT2D eigenvalue weighted by Crippen LogP contribution is -2.05. The lowest BCUT2D eigenvalue weighted by atomic mass is 10.0. The van der Waals surface area contributed by atoms with Gasteiger partial charge in [0.15, 0.2) is 0 Å². The van der Waals surface area contributed by atoms with Crippen LogP contribution in [0.1, 0.15) is 17.2 Å². The van der Waals surface area contributed by atoms with Gasteiger partial charge in [0.1, 0.15) is 29.4 Å². The van der Waals surface area contributed by atoms with Gasteiger partial charge in [-0.3, -0.25) is 0 Å². The predicted molar refractivity (Wildman–Crippen MR) is 56.8 cm³/mol. The third-order valence-corrected chi connectivity index (χ3v) is 2.51. The third kappa shape index (κ3) is 2.36. The van der Waals surface area contributed by atoms with Gasteiger partial charge in [0.25, 0.3) is 0 Å². The molecule has 5 heteroatoms. The summed E-state index contributed by atoms with van der Waals surface area (Å²) in [6.45, 7) is 0. The van der Waals surface area contributed by atoms with Crippen molar-refractivity contribution in [2.45, 2.75) is 6.10 Å². The minimum atomic E-state index is -1.62. The quantitative estimate of drug-likeness (QED) is 0.817. The summed E-state index contributed by atoms with van der Waals surface area (Å²) >= 11 is 0. The van der Waals surface area contributed by atoms with Crippen LogP contribution in [0.3, 0.4) is 0 Å². The van der Waals surface area contributed by atoms with Crippen LogP contribution < -0.4 is 0 Å². The van der Waals surface area contributed by atoms with E-state index in [4.69, 9.17) is 0 Å². The highest BCUT2D eigenvalue weighted by Gasteiger charge is 2.19. The summed E-state index contributed by atoms with van der Waals surface area (Å²) in [4.78, 5) is 0. The van der Waals surface area contributed by atoms with E-state index in [0.717, 1.165) is 24.3 Å². The van der Waals surface area contributed by atoms with Crippen molar-refractivity contribution in [1.29, 1.82) is 0 Å². The zero-order valence-corrected chi connectivity index (χ0v) is 9.00. The van der Waals surface area contributed by atoms with Gasteiger partial charge in [0.2, 0.25) is 0 Å². The number of aliphatic hydroxyl groups excluding tert-OH is 1. The molecule has 2 rings (SSSR count). The Morgan fingerprint density at radius 3 is 1.44 bits per heavy atom. The van der Waals surface area contributed by atoms with Crippen LogP contribution in [0.25, 0.3) is 0 Å². The molecule has 0 atom stereocenters. The Morgan fingerprint density at radius 2 is 1.11 bits per heavy atom. The molecule has 94 valence electrons. The van der Waals surface area contributed by atoms with Gasteiger partial charge in [-0.25, -0.2) is 17.6 Å². The molecule has 0 saturated heterocycles. The first-order valence-corrected chi connectivity index (χ1v) is 5.07. The number of hydrogen-bond acceptors (Lipinski definition) is 1. The van der Waals surface area contributed by atoms with Gasteiger partial charge in [-0.05, 0) is 12.1 Å². The summed E-state index contributed by atoms with van der Waals surface area (Å²) in [5.41, 5.74) is -0.552. The first-order valence-electron chi connectivity index (χ1n) is 5.07. The highest BCUT2D eigenvalue weighted by molar-refractivity contribution is 5.32. The van der Waals surface area contributed by atoms with Crippen LogP contribution in [0.4, 0.5) is 17.6 Å². The first-order chi connectivity index (χ1) is 8.49. The molecule has 0 heterocycles. The summed E-state index contributed by atoms with van der Waals surface area (Å²) in [6, 6.07) is 5.09. The minimum absolute atomic E-state index is 0.276. The van der Waals surface area contributed by atoms with Crippen LogP contribution in [-0.2, 0) is 0 Å². The smallest absolute Gasteiger partial charge is 0.132 e. The Labute approximate surface area is 100 Å². The Kier molecular flexibility index (Phi) is 3.34. The Bertz CT molecular complexity index is 532. The molecule has 0 saturated carbocycles. The van der Waals surface area contributed by atoms with Crippen LogP contribution in [-0.4, -0.2) is 5.11 Å². The summed E-state index contributed by atoms with van der Waals surface area (Å²) in [5.74, 6) is -3.59. The highest BCUT2D eigenvalue weighted by atomic mass is 19.1. The standard InChI is InChI=1S/C13H8F4O/c14-7-1-3-9(11(16)5-7)13(18)10-4-2-8(15)6-12(10)17/h1-6,13,18H. The SMILES string of the molecule is OC(c1ccc(F)cc1F)c1ccc(F)cc1F. The van der Waals surface area contributed by atoms with Crippen molar-refractivity contribution in [3.05, 3.63) is 70.8 Å². The first kappa shape index (κ1) is 12.6. The normalized spacial score (nSPS) is 11.0. The lowest BCUT2D eigenvalue weighted by molar-refractivity contribution is 0.209. The van der Waals surface area contributed by atoms with Crippen LogP contribution in [0.15, 0.2) is 36.4 Å². The number of hydrogen-bond donors (Lipinski definition) is 1. The van der Waals surface area contributed by atoms with Crippen molar-refractivity contribution >= 4 is 0 Å². The van der Waals surface area contributed by atoms with Gasteiger partial charge in [0, 0.05) is 23.3 Å². The van der Waals surface area contributed by atoms with Crippen molar-refractivity contribution in [1.82, 2.24) is 0 Å². The molecule has 0 aliphatic rings. The lowest BCUT2D eigenvalue weighted by Gasteiger charge is -2.13. The van der Waals surface area contributed by atoms with Gasteiger partial charge in [0.05, 0.1) is 0 Å². The van der Waals surface area contributed by atoms with E-state index in [1.165, 1.54) is 0 Å². The molecule has 0 amide bonds. The number of aliphatic hydroxyl groups is 1. The van der Waals surface area contributed by atoms with Crippen molar-refractivity contribution in [2.24, 2.45) is 0 Å². The summed E-state index contributed by atoms with van der Waals surface area (Å²) in [5, 5.41) is 9.81. The molecule has 0 fully saturated rings. The Hall–Kier alpha value is -1.88. The van der Waals surface area contributed by atoms with Gasteiger partial charge < -0.3 is 5.11 Å². The average molecular weight is 256 g/mol. The van der Waals surface area contributed by atoms with Gasteiger partial charge in [-0.1, -0.05) is 12.1 Å². The molecule has 18 heavy (non-hydrogen) atoms. The summed E-state index contributed by atoms with van der Waals surface area (Å²) < 4.78 is 52.2. The molecule has 2 aromatic carbocycles. The van der Waals surface area contributed by atoms with E-state index >= 15 is 0 Å². The van der Waals surface area contributed by atoms with Gasteiger partial charge in [-0.15, -0.1) is 0 Å². The minimum Gasteiger partial charge on any atom is -0.383 e. The van der Waals surface area contributed by atoms with E-state index in [-0.39, 0.29) is 11.1 Å². The second-order valence-electron chi connectivity index (χ2n) is 3.73. The molecule has 0 aliphatic heterocycles. The highest BCUT2D eigenvalue weighted by Crippen LogP contribution is 2.27. The maximum Gasteiger partial charge on any atom is 0.132 e. The number of halogens is 4. The molecule has 0 radical (unpaired) electrons. The Balaban J connectivity index is 2.44. The second kappa shape index (κ2) is 4.78. The molecule has 0 aromatic heterocycles. The molecule has 0 unspecified atom stereocenters. The maximum atomic E-state index is 13.4. The molecular weight excluding hydrogens is 248 g/mol. The molecule has 1 N–H and O–H groups in total. The van der Waals surface area contributed by atoms with E-state index in [9.17, 15) is 22.7 Å². The van der Waals surface area contributed by atoms with Crippen LogP contribution in [0, 0.1) is 23.3 Å². The van der Waals surface area contributed by atoms with Gasteiger partial charge >= 0.3 is 0 Å².